The van der Waals surface area contributed by atoms with Crippen molar-refractivity contribution < 1.29 is 4.52 Å². The minimum Gasteiger partial charge on any atom is -0.339 e. The lowest BCUT2D eigenvalue weighted by atomic mass is 9.81. The third kappa shape index (κ3) is 3.79. The number of fused-ring (bicyclic) bond motifs is 3. The van der Waals surface area contributed by atoms with Crippen LogP contribution in [0.3, 0.4) is 0 Å². The molecule has 1 aliphatic carbocycles. The number of hydrogen-bond donors (Lipinski definition) is 1. The second-order valence-corrected chi connectivity index (χ2v) is 8.07. The van der Waals surface area contributed by atoms with Crippen LogP contribution in [0.4, 0.5) is 0 Å². The van der Waals surface area contributed by atoms with Gasteiger partial charge in [-0.1, -0.05) is 23.7 Å². The molecule has 29 heavy (non-hydrogen) atoms. The minimum atomic E-state index is 0. The Kier molecular flexibility index (Phi) is 5.90. The molecule has 0 radical (unpaired) electrons. The smallest absolute Gasteiger partial charge is 0.226 e. The van der Waals surface area contributed by atoms with Crippen molar-refractivity contribution in [2.75, 3.05) is 0 Å². The van der Waals surface area contributed by atoms with Gasteiger partial charge in [-0.15, -0.1) is 22.6 Å². The Hall–Kier alpha value is -1.96. The van der Waals surface area contributed by atoms with Gasteiger partial charge in [0.05, 0.1) is 12.2 Å². The molecule has 1 aromatic carbocycles. The molecule has 5 rings (SSSR count). The van der Waals surface area contributed by atoms with Gasteiger partial charge in [-0.2, -0.15) is 4.98 Å². The first-order valence-corrected chi connectivity index (χ1v) is 10.4. The van der Waals surface area contributed by atoms with Crippen molar-refractivity contribution >= 4 is 24.0 Å². The summed E-state index contributed by atoms with van der Waals surface area (Å²) >= 11 is 6.22. The molecule has 1 N–H and O–H groups in total. The number of hydrogen-bond acceptors (Lipinski definition) is 6. The number of aromatic nitrogens is 5. The summed E-state index contributed by atoms with van der Waals surface area (Å²) in [6.07, 6.45) is 4.97. The van der Waals surface area contributed by atoms with Gasteiger partial charge in [-0.3, -0.25) is 4.57 Å². The molecule has 2 aliphatic rings. The van der Waals surface area contributed by atoms with E-state index in [0.717, 1.165) is 72.7 Å². The van der Waals surface area contributed by atoms with Crippen molar-refractivity contribution in [2.24, 2.45) is 0 Å². The van der Waals surface area contributed by atoms with E-state index in [1.54, 1.807) is 0 Å². The molecule has 0 spiro atoms. The lowest BCUT2D eigenvalue weighted by Crippen LogP contribution is -2.17. The van der Waals surface area contributed by atoms with Gasteiger partial charge in [0.15, 0.2) is 11.6 Å². The maximum atomic E-state index is 6.22. The fourth-order valence-electron chi connectivity index (χ4n) is 4.38. The average Bonchev–Trinajstić information content (AvgIpc) is 3.32. The summed E-state index contributed by atoms with van der Waals surface area (Å²) in [6.45, 7) is 3.52. The summed E-state index contributed by atoms with van der Waals surface area (Å²) in [4.78, 5) is 4.53. The van der Waals surface area contributed by atoms with E-state index in [1.165, 1.54) is 5.56 Å². The summed E-state index contributed by atoms with van der Waals surface area (Å²) < 4.78 is 7.53. The van der Waals surface area contributed by atoms with Crippen LogP contribution < -0.4 is 5.32 Å². The Morgan fingerprint density at radius 2 is 1.93 bits per heavy atom. The van der Waals surface area contributed by atoms with Crippen molar-refractivity contribution in [3.63, 3.8) is 0 Å². The zero-order valence-corrected chi connectivity index (χ0v) is 17.8. The first-order valence-electron chi connectivity index (χ1n) is 9.99. The molecule has 3 aromatic rings. The molecule has 154 valence electrons. The van der Waals surface area contributed by atoms with Gasteiger partial charge in [0.1, 0.15) is 5.82 Å². The molecule has 1 aliphatic heterocycles. The molecule has 0 amide bonds. The Morgan fingerprint density at radius 1 is 1.14 bits per heavy atom. The maximum absolute atomic E-state index is 6.22. The lowest BCUT2D eigenvalue weighted by molar-refractivity contribution is 0.344. The van der Waals surface area contributed by atoms with E-state index in [4.69, 9.17) is 16.1 Å². The van der Waals surface area contributed by atoms with Gasteiger partial charge in [-0.25, -0.2) is 0 Å². The second-order valence-electron chi connectivity index (χ2n) is 7.63. The fourth-order valence-corrected chi connectivity index (χ4v) is 4.58. The SMILES string of the molecule is CCc1nc(C2CCC(c3nnc4n3-c3ccc(Cl)cc3CNC4)CC2)no1.Cl. The Balaban J connectivity index is 0.00000205. The predicted molar refractivity (Wildman–Crippen MR) is 112 cm³/mol. The fraction of sp³-hybridized carbons (Fsp3) is 0.500. The van der Waals surface area contributed by atoms with Crippen LogP contribution in [0.1, 0.15) is 73.4 Å². The minimum absolute atomic E-state index is 0. The number of aryl methyl sites for hydroxylation is 1. The Labute approximate surface area is 180 Å². The summed E-state index contributed by atoms with van der Waals surface area (Å²) in [7, 11) is 0. The van der Waals surface area contributed by atoms with E-state index < -0.39 is 0 Å². The van der Waals surface area contributed by atoms with Crippen LogP contribution >= 0.6 is 24.0 Å². The summed E-state index contributed by atoms with van der Waals surface area (Å²) in [6, 6.07) is 6.05. The van der Waals surface area contributed by atoms with Crippen molar-refractivity contribution in [1.82, 2.24) is 30.2 Å². The predicted octanol–water partition coefficient (Wildman–Crippen LogP) is 4.33. The highest BCUT2D eigenvalue weighted by Crippen LogP contribution is 2.40. The lowest BCUT2D eigenvalue weighted by Gasteiger charge is -2.26. The van der Waals surface area contributed by atoms with Crippen molar-refractivity contribution in [1.29, 1.82) is 0 Å². The molecular formula is C20H24Cl2N6O. The average molecular weight is 435 g/mol. The largest absolute Gasteiger partial charge is 0.339 e. The maximum Gasteiger partial charge on any atom is 0.226 e. The van der Waals surface area contributed by atoms with E-state index in [-0.39, 0.29) is 12.4 Å². The van der Waals surface area contributed by atoms with Crippen LogP contribution in [0.15, 0.2) is 22.7 Å². The first kappa shape index (κ1) is 20.3. The summed E-state index contributed by atoms with van der Waals surface area (Å²) in [5.74, 6) is 4.37. The van der Waals surface area contributed by atoms with E-state index in [9.17, 15) is 0 Å². The molecule has 0 saturated heterocycles. The van der Waals surface area contributed by atoms with Crippen LogP contribution in [-0.4, -0.2) is 24.9 Å². The van der Waals surface area contributed by atoms with Gasteiger partial charge in [0.25, 0.3) is 0 Å². The van der Waals surface area contributed by atoms with E-state index >= 15 is 0 Å². The Bertz CT molecular complexity index is 993. The molecular weight excluding hydrogens is 411 g/mol. The standard InChI is InChI=1S/C20H23ClN6O.ClH/c1-2-18-23-19(26-28-18)12-3-5-13(6-4-12)20-25-24-17-11-22-10-14-9-15(21)7-8-16(14)27(17)20;/h7-9,12-13,22H,2-6,10-11H2,1H3;1H. The zero-order valence-electron chi connectivity index (χ0n) is 16.3. The number of nitrogens with zero attached hydrogens (tertiary/aromatic N) is 5. The van der Waals surface area contributed by atoms with E-state index in [0.29, 0.717) is 18.4 Å². The highest BCUT2D eigenvalue weighted by Gasteiger charge is 2.31. The molecule has 0 atom stereocenters. The second kappa shape index (κ2) is 8.42. The molecule has 0 bridgehead atoms. The van der Waals surface area contributed by atoms with Crippen LogP contribution in [0, 0.1) is 0 Å². The number of nitrogens with one attached hydrogen (secondary N) is 1. The highest BCUT2D eigenvalue weighted by molar-refractivity contribution is 6.30. The van der Waals surface area contributed by atoms with Crippen LogP contribution in [-0.2, 0) is 19.5 Å². The van der Waals surface area contributed by atoms with E-state index in [1.807, 2.05) is 19.1 Å². The third-order valence-electron chi connectivity index (χ3n) is 5.88. The Morgan fingerprint density at radius 3 is 2.69 bits per heavy atom. The van der Waals surface area contributed by atoms with Gasteiger partial charge in [0, 0.05) is 29.8 Å². The molecule has 1 fully saturated rings. The van der Waals surface area contributed by atoms with Crippen molar-refractivity contribution in [3.05, 3.63) is 52.1 Å². The van der Waals surface area contributed by atoms with Gasteiger partial charge >= 0.3 is 0 Å². The number of benzene rings is 1. The number of rotatable bonds is 3. The van der Waals surface area contributed by atoms with Gasteiger partial charge < -0.3 is 9.84 Å². The summed E-state index contributed by atoms with van der Waals surface area (Å²) in [5.41, 5.74) is 2.32. The highest BCUT2D eigenvalue weighted by atomic mass is 35.5. The quantitative estimate of drug-likeness (QED) is 0.660. The van der Waals surface area contributed by atoms with Crippen LogP contribution in [0.2, 0.25) is 5.02 Å². The van der Waals surface area contributed by atoms with Crippen LogP contribution in [0.5, 0.6) is 0 Å². The van der Waals surface area contributed by atoms with Crippen LogP contribution in [0.25, 0.3) is 5.69 Å². The summed E-state index contributed by atoms with van der Waals surface area (Å²) in [5, 5.41) is 17.4. The van der Waals surface area contributed by atoms with Gasteiger partial charge in [0.2, 0.25) is 5.89 Å². The molecule has 1 saturated carbocycles. The van der Waals surface area contributed by atoms with Crippen molar-refractivity contribution in [3.8, 4) is 5.69 Å². The first-order chi connectivity index (χ1) is 13.7. The van der Waals surface area contributed by atoms with Crippen molar-refractivity contribution in [2.45, 2.75) is 64.0 Å². The van der Waals surface area contributed by atoms with Gasteiger partial charge in [-0.05, 0) is 49.4 Å². The zero-order chi connectivity index (χ0) is 19.1. The normalized spacial score (nSPS) is 21.0. The number of halogens is 2. The molecule has 3 heterocycles. The third-order valence-corrected chi connectivity index (χ3v) is 6.11. The molecule has 0 unspecified atom stereocenters. The molecule has 7 nitrogen and oxygen atoms in total. The molecule has 2 aromatic heterocycles. The topological polar surface area (TPSA) is 81.7 Å². The monoisotopic (exact) mass is 434 g/mol. The van der Waals surface area contributed by atoms with E-state index in [2.05, 4.69) is 36.3 Å². The molecule has 9 heteroatoms.